The Hall–Kier alpha value is -2.94. The van der Waals surface area contributed by atoms with Gasteiger partial charge in [-0.15, -0.1) is 0 Å². The molecule has 0 aliphatic rings. The lowest BCUT2D eigenvalue weighted by atomic mass is 9.96. The number of hydrogen-bond acceptors (Lipinski definition) is 2. The highest BCUT2D eigenvalue weighted by Crippen LogP contribution is 2.23. The molecule has 1 N–H and O–H groups in total. The fraction of sp³-hybridized carbons (Fsp3) is 0.182. The van der Waals surface area contributed by atoms with Gasteiger partial charge in [-0.2, -0.15) is 0 Å². The van der Waals surface area contributed by atoms with Gasteiger partial charge in [-0.25, -0.2) is 0 Å². The van der Waals surface area contributed by atoms with E-state index < -0.39 is 0 Å². The first-order valence-electron chi connectivity index (χ1n) is 8.57. The van der Waals surface area contributed by atoms with Crippen LogP contribution in [0.3, 0.4) is 0 Å². The van der Waals surface area contributed by atoms with Crippen LogP contribution in [0.15, 0.2) is 66.7 Å². The molecule has 3 nitrogen and oxygen atoms in total. The summed E-state index contributed by atoms with van der Waals surface area (Å²) in [5, 5.41) is 4.74. The number of amides is 1. The molecule has 3 heteroatoms. The van der Waals surface area contributed by atoms with Gasteiger partial charge in [-0.3, -0.25) is 9.59 Å². The van der Waals surface area contributed by atoms with E-state index in [9.17, 15) is 9.59 Å². The number of Topliss-reactive ketones (excluding diaryl/α,β-unsaturated/α-hetero) is 1. The summed E-state index contributed by atoms with van der Waals surface area (Å²) in [5.74, 6) is -0.0865. The molecule has 0 aliphatic carbocycles. The lowest BCUT2D eigenvalue weighted by Gasteiger charge is -2.10. The molecule has 126 valence electrons. The van der Waals surface area contributed by atoms with Crippen LogP contribution >= 0.6 is 0 Å². The van der Waals surface area contributed by atoms with Gasteiger partial charge in [-0.05, 0) is 34.9 Å². The number of fused-ring (bicyclic) bond motifs is 1. The molecule has 0 radical (unpaired) electrons. The number of ketones is 1. The van der Waals surface area contributed by atoms with Crippen LogP contribution in [0.4, 0.5) is 0 Å². The van der Waals surface area contributed by atoms with Crippen LogP contribution in [-0.4, -0.2) is 11.7 Å². The maximum absolute atomic E-state index is 12.6. The average Bonchev–Trinajstić information content (AvgIpc) is 2.66. The van der Waals surface area contributed by atoms with Crippen LogP contribution in [0.5, 0.6) is 0 Å². The molecule has 25 heavy (non-hydrogen) atoms. The van der Waals surface area contributed by atoms with E-state index in [1.807, 2.05) is 67.6 Å². The summed E-state index contributed by atoms with van der Waals surface area (Å²) in [5.41, 5.74) is 2.19. The van der Waals surface area contributed by atoms with Gasteiger partial charge in [-0.1, -0.05) is 61.5 Å². The Bertz CT molecular complexity index is 900. The largest absolute Gasteiger partial charge is 0.348 e. The Morgan fingerprint density at radius 2 is 1.64 bits per heavy atom. The maximum Gasteiger partial charge on any atom is 0.251 e. The van der Waals surface area contributed by atoms with E-state index in [0.717, 1.165) is 22.8 Å². The zero-order valence-corrected chi connectivity index (χ0v) is 14.3. The van der Waals surface area contributed by atoms with E-state index in [-0.39, 0.29) is 11.7 Å². The van der Waals surface area contributed by atoms with Crippen molar-refractivity contribution in [2.45, 2.75) is 26.3 Å². The highest BCUT2D eigenvalue weighted by atomic mass is 16.1. The normalized spacial score (nSPS) is 10.6. The topological polar surface area (TPSA) is 46.2 Å². The summed E-state index contributed by atoms with van der Waals surface area (Å²) in [6.45, 7) is 2.45. The highest BCUT2D eigenvalue weighted by Gasteiger charge is 2.14. The summed E-state index contributed by atoms with van der Waals surface area (Å²) in [4.78, 5) is 25.1. The summed E-state index contributed by atoms with van der Waals surface area (Å²) in [6, 6.07) is 21.0. The van der Waals surface area contributed by atoms with Gasteiger partial charge in [0, 0.05) is 24.1 Å². The van der Waals surface area contributed by atoms with Gasteiger partial charge in [0.2, 0.25) is 0 Å². The second-order valence-electron chi connectivity index (χ2n) is 6.09. The summed E-state index contributed by atoms with van der Waals surface area (Å²) >= 11 is 0. The fourth-order valence-electron chi connectivity index (χ4n) is 2.91. The standard InChI is InChI=1S/C22H21NO2/c1-2-8-21(24)20-14-18(13-17-11-6-7-12-19(17)20)22(25)23-15-16-9-4-3-5-10-16/h3-7,9-14H,2,8,15H2,1H3,(H,23,25). The minimum atomic E-state index is -0.167. The quantitative estimate of drug-likeness (QED) is 0.662. The first-order valence-corrected chi connectivity index (χ1v) is 8.57. The molecule has 0 bridgehead atoms. The third kappa shape index (κ3) is 3.94. The summed E-state index contributed by atoms with van der Waals surface area (Å²) in [6.07, 6.45) is 1.27. The van der Waals surface area contributed by atoms with Crippen molar-refractivity contribution in [3.05, 3.63) is 83.4 Å². The van der Waals surface area contributed by atoms with Crippen LogP contribution in [-0.2, 0) is 6.54 Å². The molecule has 3 aromatic rings. The number of nitrogens with one attached hydrogen (secondary N) is 1. The molecular weight excluding hydrogens is 310 g/mol. The van der Waals surface area contributed by atoms with Crippen LogP contribution in [0.1, 0.15) is 46.0 Å². The fourth-order valence-corrected chi connectivity index (χ4v) is 2.91. The van der Waals surface area contributed by atoms with E-state index in [2.05, 4.69) is 5.32 Å². The number of carbonyl (C=O) groups excluding carboxylic acids is 2. The van der Waals surface area contributed by atoms with Crippen molar-refractivity contribution < 1.29 is 9.59 Å². The molecule has 0 unspecified atom stereocenters. The predicted octanol–water partition coefficient (Wildman–Crippen LogP) is 4.75. The van der Waals surface area contributed by atoms with Crippen molar-refractivity contribution in [3.8, 4) is 0 Å². The molecule has 0 atom stereocenters. The van der Waals surface area contributed by atoms with Crippen LogP contribution < -0.4 is 5.32 Å². The third-order valence-electron chi connectivity index (χ3n) is 4.20. The van der Waals surface area contributed by atoms with Gasteiger partial charge in [0.05, 0.1) is 0 Å². The number of benzene rings is 3. The molecule has 0 heterocycles. The van der Waals surface area contributed by atoms with Crippen molar-refractivity contribution in [1.82, 2.24) is 5.32 Å². The Kier molecular flexibility index (Phi) is 5.24. The van der Waals surface area contributed by atoms with Crippen molar-refractivity contribution >= 4 is 22.5 Å². The number of rotatable bonds is 6. The summed E-state index contributed by atoms with van der Waals surface area (Å²) in [7, 11) is 0. The Morgan fingerprint density at radius 3 is 2.40 bits per heavy atom. The first kappa shape index (κ1) is 16.9. The highest BCUT2D eigenvalue weighted by molar-refractivity contribution is 6.11. The lowest BCUT2D eigenvalue weighted by Crippen LogP contribution is -2.23. The van der Waals surface area contributed by atoms with Crippen LogP contribution in [0, 0.1) is 0 Å². The van der Waals surface area contributed by atoms with E-state index >= 15 is 0 Å². The second kappa shape index (κ2) is 7.75. The molecule has 0 aliphatic heterocycles. The lowest BCUT2D eigenvalue weighted by molar-refractivity contribution is 0.0951. The van der Waals surface area contributed by atoms with Crippen molar-refractivity contribution in [1.29, 1.82) is 0 Å². The monoisotopic (exact) mass is 331 g/mol. The third-order valence-corrected chi connectivity index (χ3v) is 4.20. The van der Waals surface area contributed by atoms with E-state index in [1.54, 1.807) is 6.07 Å². The van der Waals surface area contributed by atoms with Crippen molar-refractivity contribution in [3.63, 3.8) is 0 Å². The molecule has 3 rings (SSSR count). The minimum Gasteiger partial charge on any atom is -0.348 e. The van der Waals surface area contributed by atoms with Gasteiger partial charge >= 0.3 is 0 Å². The molecule has 0 fully saturated rings. The van der Waals surface area contributed by atoms with Gasteiger partial charge in [0.25, 0.3) is 5.91 Å². The molecule has 0 saturated carbocycles. The van der Waals surface area contributed by atoms with Gasteiger partial charge < -0.3 is 5.32 Å². The molecule has 1 amide bonds. The second-order valence-corrected chi connectivity index (χ2v) is 6.09. The van der Waals surface area contributed by atoms with Crippen molar-refractivity contribution in [2.75, 3.05) is 0 Å². The smallest absolute Gasteiger partial charge is 0.251 e. The zero-order valence-electron chi connectivity index (χ0n) is 14.3. The zero-order chi connectivity index (χ0) is 17.6. The maximum atomic E-state index is 12.6. The first-order chi connectivity index (χ1) is 12.2. The van der Waals surface area contributed by atoms with Gasteiger partial charge in [0.1, 0.15) is 0 Å². The Morgan fingerprint density at radius 1 is 0.920 bits per heavy atom. The Labute approximate surface area is 147 Å². The van der Waals surface area contributed by atoms with Crippen LogP contribution in [0.25, 0.3) is 10.8 Å². The average molecular weight is 331 g/mol. The minimum absolute atomic E-state index is 0.0800. The van der Waals surface area contributed by atoms with Crippen molar-refractivity contribution in [2.24, 2.45) is 0 Å². The molecular formula is C22H21NO2. The molecule has 3 aromatic carbocycles. The van der Waals surface area contributed by atoms with Gasteiger partial charge in [0.15, 0.2) is 5.78 Å². The molecule has 0 spiro atoms. The SMILES string of the molecule is CCCC(=O)c1cc(C(=O)NCc2ccccc2)cc2ccccc12. The van der Waals surface area contributed by atoms with E-state index in [1.165, 1.54) is 0 Å². The number of hydrogen-bond donors (Lipinski definition) is 1. The van der Waals surface area contributed by atoms with E-state index in [4.69, 9.17) is 0 Å². The summed E-state index contributed by atoms with van der Waals surface area (Å²) < 4.78 is 0. The molecule has 0 saturated heterocycles. The predicted molar refractivity (Wildman–Crippen MR) is 101 cm³/mol. The Balaban J connectivity index is 1.90. The number of carbonyl (C=O) groups is 2. The molecule has 0 aromatic heterocycles. The van der Waals surface area contributed by atoms with E-state index in [0.29, 0.717) is 24.1 Å². The van der Waals surface area contributed by atoms with Crippen LogP contribution in [0.2, 0.25) is 0 Å².